The van der Waals surface area contributed by atoms with Crippen molar-refractivity contribution in [3.8, 4) is 0 Å². The van der Waals surface area contributed by atoms with E-state index >= 15 is 0 Å². The van der Waals surface area contributed by atoms with Crippen LogP contribution in [-0.4, -0.2) is 22.8 Å². The van der Waals surface area contributed by atoms with E-state index in [4.69, 9.17) is 4.74 Å². The number of pyridine rings is 1. The van der Waals surface area contributed by atoms with E-state index in [2.05, 4.69) is 4.98 Å². The van der Waals surface area contributed by atoms with Crippen molar-refractivity contribution in [2.24, 2.45) is 0 Å². The topological polar surface area (TPSA) is 42.4 Å². The molecule has 78 valence electrons. The highest BCUT2D eigenvalue weighted by atomic mass is 16.5. The van der Waals surface area contributed by atoms with Crippen LogP contribution < -0.4 is 0 Å². The first-order valence-electron chi connectivity index (χ1n) is 4.83. The molecule has 0 saturated carbocycles. The van der Waals surface area contributed by atoms with Crippen LogP contribution in [0.25, 0.3) is 0 Å². The van der Waals surface area contributed by atoms with Gasteiger partial charge < -0.3 is 9.84 Å². The number of aryl methyl sites for hydroxylation is 1. The molecule has 0 aliphatic rings. The third-order valence-electron chi connectivity index (χ3n) is 1.84. The zero-order valence-electron chi connectivity index (χ0n) is 8.90. The van der Waals surface area contributed by atoms with Crippen LogP contribution in [0.5, 0.6) is 0 Å². The van der Waals surface area contributed by atoms with Crippen molar-refractivity contribution >= 4 is 0 Å². The van der Waals surface area contributed by atoms with Gasteiger partial charge >= 0.3 is 0 Å². The third kappa shape index (κ3) is 3.44. The van der Waals surface area contributed by atoms with Crippen molar-refractivity contribution in [1.29, 1.82) is 0 Å². The highest BCUT2D eigenvalue weighted by molar-refractivity contribution is 5.11. The third-order valence-corrected chi connectivity index (χ3v) is 1.84. The lowest BCUT2D eigenvalue weighted by molar-refractivity contribution is 0.00323. The summed E-state index contributed by atoms with van der Waals surface area (Å²) < 4.78 is 5.31. The van der Waals surface area contributed by atoms with E-state index in [-0.39, 0.29) is 6.10 Å². The maximum Gasteiger partial charge on any atom is 0.119 e. The van der Waals surface area contributed by atoms with Gasteiger partial charge in [-0.3, -0.25) is 4.98 Å². The number of hydrogen-bond acceptors (Lipinski definition) is 3. The first kappa shape index (κ1) is 11.1. The number of aliphatic hydroxyl groups excluding tert-OH is 1. The molecule has 1 aromatic heterocycles. The highest BCUT2D eigenvalue weighted by Gasteiger charge is 2.09. The second kappa shape index (κ2) is 5.08. The molecule has 1 N–H and O–H groups in total. The van der Waals surface area contributed by atoms with Crippen molar-refractivity contribution in [2.45, 2.75) is 33.0 Å². The van der Waals surface area contributed by atoms with Gasteiger partial charge in [0.05, 0.1) is 18.4 Å². The van der Waals surface area contributed by atoms with Crippen molar-refractivity contribution in [3.63, 3.8) is 0 Å². The van der Waals surface area contributed by atoms with E-state index in [0.717, 1.165) is 5.69 Å². The molecule has 0 saturated heterocycles. The van der Waals surface area contributed by atoms with E-state index in [0.29, 0.717) is 12.3 Å². The molecule has 1 unspecified atom stereocenters. The minimum absolute atomic E-state index is 0.134. The summed E-state index contributed by atoms with van der Waals surface area (Å²) in [5.74, 6) is 0. The van der Waals surface area contributed by atoms with Crippen LogP contribution in [0, 0.1) is 6.92 Å². The van der Waals surface area contributed by atoms with Crippen molar-refractivity contribution < 1.29 is 9.84 Å². The van der Waals surface area contributed by atoms with Crippen LogP contribution in [0.15, 0.2) is 18.2 Å². The number of aliphatic hydroxyl groups is 1. The van der Waals surface area contributed by atoms with Gasteiger partial charge in [0.25, 0.3) is 0 Å². The second-order valence-electron chi connectivity index (χ2n) is 3.60. The molecule has 0 radical (unpaired) electrons. The fourth-order valence-corrected chi connectivity index (χ4v) is 1.12. The Hall–Kier alpha value is -0.930. The van der Waals surface area contributed by atoms with Crippen molar-refractivity contribution in [3.05, 3.63) is 29.6 Å². The monoisotopic (exact) mass is 195 g/mol. The van der Waals surface area contributed by atoms with Gasteiger partial charge in [-0.15, -0.1) is 0 Å². The predicted molar refractivity (Wildman–Crippen MR) is 55.0 cm³/mol. The maximum atomic E-state index is 9.71. The van der Waals surface area contributed by atoms with Crippen molar-refractivity contribution in [2.75, 3.05) is 6.61 Å². The van der Waals surface area contributed by atoms with Gasteiger partial charge in [0, 0.05) is 5.69 Å². The molecule has 0 bridgehead atoms. The quantitative estimate of drug-likeness (QED) is 0.797. The molecule has 0 aliphatic heterocycles. The Morgan fingerprint density at radius 3 is 2.71 bits per heavy atom. The molecule has 0 aliphatic carbocycles. The molecule has 0 aromatic carbocycles. The lowest BCUT2D eigenvalue weighted by Gasteiger charge is -2.13. The standard InChI is InChI=1S/C11H17NO2/c1-8(2)14-7-11(13)10-6-4-5-9(3)12-10/h4-6,8,11,13H,7H2,1-3H3. The van der Waals surface area contributed by atoms with Gasteiger partial charge in [0.1, 0.15) is 6.10 Å². The molecule has 1 rings (SSSR count). The Bertz CT molecular complexity index is 286. The molecule has 0 spiro atoms. The summed E-state index contributed by atoms with van der Waals surface area (Å²) in [5, 5.41) is 9.71. The van der Waals surface area contributed by atoms with E-state index in [1.807, 2.05) is 32.9 Å². The summed E-state index contributed by atoms with van der Waals surface area (Å²) in [6, 6.07) is 5.59. The van der Waals surface area contributed by atoms with Gasteiger partial charge in [-0.25, -0.2) is 0 Å². The minimum Gasteiger partial charge on any atom is -0.384 e. The van der Waals surface area contributed by atoms with Crippen LogP contribution >= 0.6 is 0 Å². The van der Waals surface area contributed by atoms with Crippen LogP contribution in [0.3, 0.4) is 0 Å². The highest BCUT2D eigenvalue weighted by Crippen LogP contribution is 2.11. The second-order valence-corrected chi connectivity index (χ2v) is 3.60. The number of hydrogen-bond donors (Lipinski definition) is 1. The lowest BCUT2D eigenvalue weighted by atomic mass is 10.2. The Kier molecular flexibility index (Phi) is 4.04. The zero-order valence-corrected chi connectivity index (χ0v) is 8.90. The van der Waals surface area contributed by atoms with Gasteiger partial charge in [0.2, 0.25) is 0 Å². The number of ether oxygens (including phenoxy) is 1. The average molecular weight is 195 g/mol. The largest absolute Gasteiger partial charge is 0.384 e. The summed E-state index contributed by atoms with van der Waals surface area (Å²) in [6.07, 6.45) is -0.494. The number of nitrogens with zero attached hydrogens (tertiary/aromatic N) is 1. The normalized spacial score (nSPS) is 13.2. The van der Waals surface area contributed by atoms with Gasteiger partial charge in [-0.1, -0.05) is 6.07 Å². The fourth-order valence-electron chi connectivity index (χ4n) is 1.12. The van der Waals surface area contributed by atoms with E-state index in [9.17, 15) is 5.11 Å². The predicted octanol–water partition coefficient (Wildman–Crippen LogP) is 1.85. The first-order chi connectivity index (χ1) is 6.59. The molecule has 3 heteroatoms. The van der Waals surface area contributed by atoms with Crippen LogP contribution in [0.2, 0.25) is 0 Å². The number of rotatable bonds is 4. The molecule has 1 heterocycles. The van der Waals surface area contributed by atoms with Gasteiger partial charge in [-0.2, -0.15) is 0 Å². The Labute approximate surface area is 84.7 Å². The molecular weight excluding hydrogens is 178 g/mol. The summed E-state index contributed by atoms with van der Waals surface area (Å²) >= 11 is 0. The van der Waals surface area contributed by atoms with Gasteiger partial charge in [0.15, 0.2) is 0 Å². The zero-order chi connectivity index (χ0) is 10.6. The van der Waals surface area contributed by atoms with Crippen LogP contribution in [-0.2, 0) is 4.74 Å². The summed E-state index contributed by atoms with van der Waals surface area (Å²) in [7, 11) is 0. The molecule has 0 fully saturated rings. The maximum absolute atomic E-state index is 9.71. The lowest BCUT2D eigenvalue weighted by Crippen LogP contribution is -2.13. The molecule has 0 amide bonds. The molecule has 3 nitrogen and oxygen atoms in total. The van der Waals surface area contributed by atoms with E-state index in [1.54, 1.807) is 6.07 Å². The minimum atomic E-state index is -0.628. The van der Waals surface area contributed by atoms with E-state index < -0.39 is 6.10 Å². The SMILES string of the molecule is Cc1cccc(C(O)COC(C)C)n1. The molecule has 14 heavy (non-hydrogen) atoms. The summed E-state index contributed by atoms with van der Waals surface area (Å²) in [4.78, 5) is 4.22. The van der Waals surface area contributed by atoms with E-state index in [1.165, 1.54) is 0 Å². The van der Waals surface area contributed by atoms with Crippen molar-refractivity contribution in [1.82, 2.24) is 4.98 Å². The Balaban J connectivity index is 2.56. The molecule has 1 atom stereocenters. The Morgan fingerprint density at radius 1 is 1.43 bits per heavy atom. The average Bonchev–Trinajstić information content (AvgIpc) is 2.14. The van der Waals surface area contributed by atoms with Crippen LogP contribution in [0.4, 0.5) is 0 Å². The van der Waals surface area contributed by atoms with Gasteiger partial charge in [-0.05, 0) is 32.9 Å². The first-order valence-corrected chi connectivity index (χ1v) is 4.83. The summed E-state index contributed by atoms with van der Waals surface area (Å²) in [5.41, 5.74) is 1.58. The molecule has 1 aromatic rings. The fraction of sp³-hybridized carbons (Fsp3) is 0.545. The van der Waals surface area contributed by atoms with Crippen LogP contribution in [0.1, 0.15) is 31.3 Å². The summed E-state index contributed by atoms with van der Waals surface area (Å²) in [6.45, 7) is 6.08. The Morgan fingerprint density at radius 2 is 2.14 bits per heavy atom. The number of aromatic nitrogens is 1. The smallest absolute Gasteiger partial charge is 0.119 e. The molecular formula is C11H17NO2.